The van der Waals surface area contributed by atoms with Gasteiger partial charge in [0.1, 0.15) is 5.75 Å². The minimum absolute atomic E-state index is 0.0756. The molecule has 2 aromatic carbocycles. The van der Waals surface area contributed by atoms with E-state index in [2.05, 4.69) is 0 Å². The number of benzene rings is 2. The van der Waals surface area contributed by atoms with Crippen LogP contribution in [0.15, 0.2) is 66.0 Å². The van der Waals surface area contributed by atoms with Crippen LogP contribution in [0.5, 0.6) is 5.75 Å². The van der Waals surface area contributed by atoms with E-state index >= 15 is 0 Å². The van der Waals surface area contributed by atoms with Gasteiger partial charge in [0.05, 0.1) is 13.7 Å². The molecule has 0 N–H and O–H groups in total. The zero-order chi connectivity index (χ0) is 16.9. The summed E-state index contributed by atoms with van der Waals surface area (Å²) in [6.45, 7) is 0.506. The van der Waals surface area contributed by atoms with Crippen LogP contribution in [0.25, 0.3) is 0 Å². The second-order valence-electron chi connectivity index (χ2n) is 5.18. The summed E-state index contributed by atoms with van der Waals surface area (Å²) in [5.41, 5.74) is 1.39. The Morgan fingerprint density at radius 3 is 2.58 bits per heavy atom. The number of hydrogen-bond donors (Lipinski definition) is 0. The van der Waals surface area contributed by atoms with Crippen molar-refractivity contribution in [3.8, 4) is 5.75 Å². The molecule has 0 aliphatic heterocycles. The summed E-state index contributed by atoms with van der Waals surface area (Å²) < 4.78 is 5.29. The lowest BCUT2D eigenvalue weighted by atomic mass is 10.1. The number of hydrogen-bond acceptors (Lipinski definition) is 3. The number of anilines is 1. The zero-order valence-corrected chi connectivity index (χ0v) is 14.7. The number of carbonyl (C=O) groups excluding carboxylic acids is 1. The van der Waals surface area contributed by atoms with E-state index in [0.717, 1.165) is 10.6 Å². The van der Waals surface area contributed by atoms with E-state index in [9.17, 15) is 4.79 Å². The molecule has 0 unspecified atom stereocenters. The van der Waals surface area contributed by atoms with Crippen molar-refractivity contribution in [2.45, 2.75) is 6.54 Å². The Morgan fingerprint density at radius 1 is 1.12 bits per heavy atom. The minimum Gasteiger partial charge on any atom is -0.497 e. The van der Waals surface area contributed by atoms with E-state index in [1.807, 2.05) is 41.8 Å². The molecule has 1 aromatic heterocycles. The number of nitrogens with zero attached hydrogens (tertiary/aromatic N) is 1. The maximum Gasteiger partial charge on any atom is 0.258 e. The molecule has 0 aliphatic carbocycles. The average molecular weight is 358 g/mol. The first-order valence-electron chi connectivity index (χ1n) is 7.41. The Balaban J connectivity index is 1.97. The number of halogens is 1. The third kappa shape index (κ3) is 3.78. The molecule has 1 amide bonds. The lowest BCUT2D eigenvalue weighted by molar-refractivity contribution is 0.0985. The molecule has 0 atom stereocenters. The molecular formula is C19H16ClNO2S. The number of carbonyl (C=O) groups is 1. The van der Waals surface area contributed by atoms with E-state index < -0.39 is 0 Å². The second kappa shape index (κ2) is 7.51. The number of amides is 1. The zero-order valence-electron chi connectivity index (χ0n) is 13.1. The molecule has 24 heavy (non-hydrogen) atoms. The van der Waals surface area contributed by atoms with Crippen LogP contribution in [0.3, 0.4) is 0 Å². The van der Waals surface area contributed by atoms with Gasteiger partial charge in [-0.25, -0.2) is 0 Å². The van der Waals surface area contributed by atoms with Crippen molar-refractivity contribution in [3.05, 3.63) is 81.5 Å². The van der Waals surface area contributed by atoms with Gasteiger partial charge in [0.25, 0.3) is 5.91 Å². The topological polar surface area (TPSA) is 29.5 Å². The fourth-order valence-corrected chi connectivity index (χ4v) is 3.18. The highest BCUT2D eigenvalue weighted by Gasteiger charge is 2.19. The number of rotatable bonds is 5. The van der Waals surface area contributed by atoms with Crippen molar-refractivity contribution in [2.75, 3.05) is 12.0 Å². The summed E-state index contributed by atoms with van der Waals surface area (Å²) in [7, 11) is 1.61. The van der Waals surface area contributed by atoms with Crippen LogP contribution in [0.1, 0.15) is 15.2 Å². The lowest BCUT2D eigenvalue weighted by Gasteiger charge is -2.23. The molecule has 0 fully saturated rings. The molecular weight excluding hydrogens is 342 g/mol. The molecule has 3 rings (SSSR count). The van der Waals surface area contributed by atoms with Gasteiger partial charge in [-0.3, -0.25) is 4.79 Å². The fourth-order valence-electron chi connectivity index (χ4n) is 2.37. The third-order valence-electron chi connectivity index (χ3n) is 3.60. The normalized spacial score (nSPS) is 10.4. The quantitative estimate of drug-likeness (QED) is 0.623. The van der Waals surface area contributed by atoms with Gasteiger partial charge in [-0.2, -0.15) is 0 Å². The molecule has 0 saturated carbocycles. The van der Waals surface area contributed by atoms with E-state index in [0.29, 0.717) is 22.9 Å². The van der Waals surface area contributed by atoms with Crippen LogP contribution in [0, 0.1) is 0 Å². The van der Waals surface area contributed by atoms with Crippen LogP contribution in [-0.4, -0.2) is 13.0 Å². The lowest BCUT2D eigenvalue weighted by Crippen LogP contribution is -2.30. The molecule has 5 heteroatoms. The fraction of sp³-hybridized carbons (Fsp3) is 0.105. The van der Waals surface area contributed by atoms with Crippen LogP contribution in [-0.2, 0) is 6.54 Å². The Morgan fingerprint density at radius 2 is 1.92 bits per heavy atom. The van der Waals surface area contributed by atoms with E-state index in [-0.39, 0.29) is 5.91 Å². The molecule has 0 bridgehead atoms. The van der Waals surface area contributed by atoms with Gasteiger partial charge in [-0.15, -0.1) is 11.3 Å². The predicted molar refractivity (Wildman–Crippen MR) is 99.3 cm³/mol. The van der Waals surface area contributed by atoms with Gasteiger partial charge in [-0.05, 0) is 47.8 Å². The molecule has 0 aliphatic rings. The summed E-state index contributed by atoms with van der Waals surface area (Å²) in [5.74, 6) is 0.640. The minimum atomic E-state index is -0.0756. The van der Waals surface area contributed by atoms with Crippen LogP contribution in [0.2, 0.25) is 5.02 Å². The highest BCUT2D eigenvalue weighted by molar-refractivity contribution is 7.09. The molecule has 122 valence electrons. The smallest absolute Gasteiger partial charge is 0.258 e. The standard InChI is InChI=1S/C19H16ClNO2S/c1-23-17-5-2-4-16(12-17)21(13-18-6-3-11-24-18)19(22)14-7-9-15(20)10-8-14/h2-12H,13H2,1H3. The molecule has 3 nitrogen and oxygen atoms in total. The van der Waals surface area contributed by atoms with Crippen molar-refractivity contribution in [1.82, 2.24) is 0 Å². The van der Waals surface area contributed by atoms with Crippen LogP contribution >= 0.6 is 22.9 Å². The van der Waals surface area contributed by atoms with Crippen molar-refractivity contribution in [1.29, 1.82) is 0 Å². The monoisotopic (exact) mass is 357 g/mol. The van der Waals surface area contributed by atoms with Crippen molar-refractivity contribution in [3.63, 3.8) is 0 Å². The van der Waals surface area contributed by atoms with Crippen molar-refractivity contribution >= 4 is 34.5 Å². The SMILES string of the molecule is COc1cccc(N(Cc2cccs2)C(=O)c2ccc(Cl)cc2)c1. The van der Waals surface area contributed by atoms with Crippen LogP contribution < -0.4 is 9.64 Å². The Labute approximate surface area is 150 Å². The Hall–Kier alpha value is -2.30. The van der Waals surface area contributed by atoms with Gasteiger partial charge < -0.3 is 9.64 Å². The number of ether oxygens (including phenoxy) is 1. The predicted octanol–water partition coefficient (Wildman–Crippen LogP) is 5.26. The first kappa shape index (κ1) is 16.6. The summed E-state index contributed by atoms with van der Waals surface area (Å²) in [5, 5.41) is 2.61. The summed E-state index contributed by atoms with van der Waals surface area (Å²) in [4.78, 5) is 15.9. The van der Waals surface area contributed by atoms with Gasteiger partial charge >= 0.3 is 0 Å². The summed E-state index contributed by atoms with van der Waals surface area (Å²) >= 11 is 7.55. The van der Waals surface area contributed by atoms with E-state index in [4.69, 9.17) is 16.3 Å². The van der Waals surface area contributed by atoms with Gasteiger partial charge in [-0.1, -0.05) is 23.7 Å². The maximum atomic E-state index is 13.0. The van der Waals surface area contributed by atoms with Crippen molar-refractivity contribution in [2.24, 2.45) is 0 Å². The highest BCUT2D eigenvalue weighted by atomic mass is 35.5. The summed E-state index contributed by atoms with van der Waals surface area (Å²) in [6, 6.07) is 18.4. The van der Waals surface area contributed by atoms with Gasteiger partial charge in [0, 0.05) is 27.2 Å². The Kier molecular flexibility index (Phi) is 5.18. The average Bonchev–Trinajstić information content (AvgIpc) is 3.13. The third-order valence-corrected chi connectivity index (χ3v) is 4.71. The molecule has 3 aromatic rings. The first-order chi connectivity index (χ1) is 11.7. The second-order valence-corrected chi connectivity index (χ2v) is 6.65. The van der Waals surface area contributed by atoms with Gasteiger partial charge in [0.2, 0.25) is 0 Å². The Bertz CT molecular complexity index is 816. The van der Waals surface area contributed by atoms with Gasteiger partial charge in [0.15, 0.2) is 0 Å². The maximum absolute atomic E-state index is 13.0. The molecule has 1 heterocycles. The molecule has 0 spiro atoms. The van der Waals surface area contributed by atoms with Crippen LogP contribution in [0.4, 0.5) is 5.69 Å². The van der Waals surface area contributed by atoms with Crippen molar-refractivity contribution < 1.29 is 9.53 Å². The number of thiophene rings is 1. The highest BCUT2D eigenvalue weighted by Crippen LogP contribution is 2.26. The van der Waals surface area contributed by atoms with E-state index in [1.165, 1.54) is 0 Å². The molecule has 0 radical (unpaired) electrons. The first-order valence-corrected chi connectivity index (χ1v) is 8.67. The summed E-state index contributed by atoms with van der Waals surface area (Å²) in [6.07, 6.45) is 0. The van der Waals surface area contributed by atoms with E-state index in [1.54, 1.807) is 47.6 Å². The number of methoxy groups -OCH3 is 1. The largest absolute Gasteiger partial charge is 0.497 e. The molecule has 0 saturated heterocycles.